The first kappa shape index (κ1) is 20.5. The van der Waals surface area contributed by atoms with Crippen molar-refractivity contribution in [3.05, 3.63) is 75.7 Å². The van der Waals surface area contributed by atoms with Crippen molar-refractivity contribution >= 4 is 23.1 Å². The van der Waals surface area contributed by atoms with Crippen LogP contribution in [0.1, 0.15) is 45.8 Å². The van der Waals surface area contributed by atoms with Crippen LogP contribution < -0.4 is 9.47 Å². The second-order valence-corrected chi connectivity index (χ2v) is 6.90. The lowest BCUT2D eigenvalue weighted by Crippen LogP contribution is -2.08. The average molecular weight is 411 g/mol. The molecule has 2 aromatic carbocycles. The van der Waals surface area contributed by atoms with E-state index < -0.39 is 5.97 Å². The summed E-state index contributed by atoms with van der Waals surface area (Å²) in [6, 6.07) is 11.9. The number of carbonyl (C=O) groups is 2. The maximum atomic E-state index is 12.5. The van der Waals surface area contributed by atoms with E-state index in [9.17, 15) is 9.59 Å². The van der Waals surface area contributed by atoms with E-state index >= 15 is 0 Å². The van der Waals surface area contributed by atoms with Crippen LogP contribution in [0.3, 0.4) is 0 Å². The molecular weight excluding hydrogens is 390 g/mol. The fraction of sp³-hybridized carbons (Fsp3) is 0.227. The van der Waals surface area contributed by atoms with Gasteiger partial charge in [-0.1, -0.05) is 6.07 Å². The molecular formula is C22H21NO5S. The molecule has 0 amide bonds. The van der Waals surface area contributed by atoms with Gasteiger partial charge in [0.05, 0.1) is 23.4 Å². The molecule has 0 aliphatic carbocycles. The predicted octanol–water partition coefficient (Wildman–Crippen LogP) is 4.68. The summed E-state index contributed by atoms with van der Waals surface area (Å²) in [5.41, 5.74) is 4.13. The first-order valence-electron chi connectivity index (χ1n) is 9.10. The molecule has 3 aromatic rings. The average Bonchev–Trinajstić information content (AvgIpc) is 3.25. The maximum Gasteiger partial charge on any atom is 0.338 e. The van der Waals surface area contributed by atoms with E-state index in [1.165, 1.54) is 18.3 Å². The van der Waals surface area contributed by atoms with Crippen LogP contribution in [0.2, 0.25) is 0 Å². The van der Waals surface area contributed by atoms with Crippen molar-refractivity contribution < 1.29 is 23.8 Å². The molecule has 0 bridgehead atoms. The zero-order valence-electron chi connectivity index (χ0n) is 16.2. The number of thiazole rings is 1. The molecule has 0 radical (unpaired) electrons. The molecule has 0 saturated heterocycles. The Morgan fingerprint density at radius 1 is 1.03 bits per heavy atom. The van der Waals surface area contributed by atoms with Gasteiger partial charge in [-0.15, -0.1) is 11.3 Å². The normalized spacial score (nSPS) is 10.4. The van der Waals surface area contributed by atoms with Gasteiger partial charge in [-0.3, -0.25) is 4.79 Å². The number of hydrogen-bond donors (Lipinski definition) is 0. The molecule has 150 valence electrons. The fourth-order valence-corrected chi connectivity index (χ4v) is 3.16. The van der Waals surface area contributed by atoms with Gasteiger partial charge in [-0.05, 0) is 50.2 Å². The highest BCUT2D eigenvalue weighted by atomic mass is 32.1. The van der Waals surface area contributed by atoms with Crippen LogP contribution in [-0.4, -0.2) is 23.3 Å². The van der Waals surface area contributed by atoms with E-state index in [0.29, 0.717) is 41.4 Å². The standard InChI is InChI=1S/C22H21NO5S/c1-3-26-21-8-7-16(15(2)24)9-18(21)11-28-22(25)17-5-4-6-20(10-17)27-12-19-13-29-14-23-19/h4-10,13-14H,3,11-12H2,1-2H3. The molecule has 0 atom stereocenters. The van der Waals surface area contributed by atoms with Gasteiger partial charge in [-0.25, -0.2) is 9.78 Å². The molecule has 1 heterocycles. The van der Waals surface area contributed by atoms with Crippen LogP contribution in [0.4, 0.5) is 0 Å². The Bertz CT molecular complexity index is 985. The van der Waals surface area contributed by atoms with Crippen molar-refractivity contribution in [1.29, 1.82) is 0 Å². The molecule has 29 heavy (non-hydrogen) atoms. The lowest BCUT2D eigenvalue weighted by Gasteiger charge is -2.12. The van der Waals surface area contributed by atoms with Crippen molar-refractivity contribution in [1.82, 2.24) is 4.98 Å². The lowest BCUT2D eigenvalue weighted by molar-refractivity contribution is 0.0469. The Balaban J connectivity index is 1.66. The topological polar surface area (TPSA) is 74.7 Å². The second kappa shape index (κ2) is 9.84. The largest absolute Gasteiger partial charge is 0.493 e. The third-order valence-corrected chi connectivity index (χ3v) is 4.70. The zero-order chi connectivity index (χ0) is 20.6. The summed E-state index contributed by atoms with van der Waals surface area (Å²) < 4.78 is 16.7. The molecule has 0 unspecified atom stereocenters. The first-order chi connectivity index (χ1) is 14.1. The van der Waals surface area contributed by atoms with Gasteiger partial charge in [0.15, 0.2) is 5.78 Å². The zero-order valence-corrected chi connectivity index (χ0v) is 17.0. The number of Topliss-reactive ketones (excluding diaryl/α,β-unsaturated/α-hetero) is 1. The minimum Gasteiger partial charge on any atom is -0.493 e. The molecule has 0 aliphatic heterocycles. The number of hydrogen-bond acceptors (Lipinski definition) is 7. The Hall–Kier alpha value is -3.19. The van der Waals surface area contributed by atoms with Crippen molar-refractivity contribution in [3.8, 4) is 11.5 Å². The summed E-state index contributed by atoms with van der Waals surface area (Å²) in [7, 11) is 0. The van der Waals surface area contributed by atoms with Gasteiger partial charge in [-0.2, -0.15) is 0 Å². The second-order valence-electron chi connectivity index (χ2n) is 6.18. The molecule has 7 heteroatoms. The molecule has 0 fully saturated rings. The van der Waals surface area contributed by atoms with Gasteiger partial charge in [0.2, 0.25) is 0 Å². The summed E-state index contributed by atoms with van der Waals surface area (Å²) in [5, 5.41) is 1.91. The van der Waals surface area contributed by atoms with Crippen LogP contribution in [0.15, 0.2) is 53.4 Å². The number of aromatic nitrogens is 1. The number of ether oxygens (including phenoxy) is 3. The first-order valence-corrected chi connectivity index (χ1v) is 10.0. The molecule has 3 rings (SSSR count). The quantitative estimate of drug-likeness (QED) is 0.376. The van der Waals surface area contributed by atoms with E-state index in [2.05, 4.69) is 4.98 Å². The van der Waals surface area contributed by atoms with E-state index in [1.54, 1.807) is 48.0 Å². The third kappa shape index (κ3) is 5.65. The van der Waals surface area contributed by atoms with E-state index in [4.69, 9.17) is 14.2 Å². The third-order valence-electron chi connectivity index (χ3n) is 4.07. The van der Waals surface area contributed by atoms with Gasteiger partial charge in [0.25, 0.3) is 0 Å². The Kier molecular flexibility index (Phi) is 6.97. The number of nitrogens with zero attached hydrogens (tertiary/aromatic N) is 1. The highest BCUT2D eigenvalue weighted by molar-refractivity contribution is 7.07. The summed E-state index contributed by atoms with van der Waals surface area (Å²) in [6.07, 6.45) is 0. The molecule has 0 N–H and O–H groups in total. The van der Waals surface area contributed by atoms with E-state index in [1.807, 2.05) is 12.3 Å². The number of ketones is 1. The van der Waals surface area contributed by atoms with Crippen LogP contribution in [0.5, 0.6) is 11.5 Å². The Labute approximate surface area is 173 Å². The SMILES string of the molecule is CCOc1ccc(C(C)=O)cc1COC(=O)c1cccc(OCc2cscn2)c1. The van der Waals surface area contributed by atoms with Crippen LogP contribution >= 0.6 is 11.3 Å². The van der Waals surface area contributed by atoms with Crippen LogP contribution in [-0.2, 0) is 18.0 Å². The van der Waals surface area contributed by atoms with E-state index in [0.717, 1.165) is 5.69 Å². The van der Waals surface area contributed by atoms with Crippen molar-refractivity contribution in [2.75, 3.05) is 6.61 Å². The van der Waals surface area contributed by atoms with Gasteiger partial charge < -0.3 is 14.2 Å². The minimum atomic E-state index is -0.486. The highest BCUT2D eigenvalue weighted by Gasteiger charge is 2.13. The van der Waals surface area contributed by atoms with Crippen molar-refractivity contribution in [2.45, 2.75) is 27.1 Å². The smallest absolute Gasteiger partial charge is 0.338 e. The summed E-state index contributed by atoms with van der Waals surface area (Å²) in [5.74, 6) is 0.594. The molecule has 0 aliphatic rings. The highest BCUT2D eigenvalue weighted by Crippen LogP contribution is 2.23. The number of carbonyl (C=O) groups excluding carboxylic acids is 2. The summed E-state index contributed by atoms with van der Waals surface area (Å²) in [4.78, 5) is 28.3. The molecule has 0 saturated carbocycles. The number of esters is 1. The summed E-state index contributed by atoms with van der Waals surface area (Å²) >= 11 is 1.50. The molecule has 6 nitrogen and oxygen atoms in total. The summed E-state index contributed by atoms with van der Waals surface area (Å²) in [6.45, 7) is 4.16. The monoisotopic (exact) mass is 411 g/mol. The molecule has 1 aromatic heterocycles. The maximum absolute atomic E-state index is 12.5. The molecule has 0 spiro atoms. The van der Waals surface area contributed by atoms with Gasteiger partial charge in [0.1, 0.15) is 24.7 Å². The van der Waals surface area contributed by atoms with Crippen LogP contribution in [0.25, 0.3) is 0 Å². The van der Waals surface area contributed by atoms with Gasteiger partial charge in [0, 0.05) is 16.5 Å². The minimum absolute atomic E-state index is 0.000798. The fourth-order valence-electron chi connectivity index (χ4n) is 2.61. The van der Waals surface area contributed by atoms with Gasteiger partial charge >= 0.3 is 5.97 Å². The van der Waals surface area contributed by atoms with Crippen molar-refractivity contribution in [2.24, 2.45) is 0 Å². The van der Waals surface area contributed by atoms with Crippen molar-refractivity contribution in [3.63, 3.8) is 0 Å². The number of benzene rings is 2. The Morgan fingerprint density at radius 2 is 1.90 bits per heavy atom. The van der Waals surface area contributed by atoms with Crippen LogP contribution in [0, 0.1) is 0 Å². The number of rotatable bonds is 9. The predicted molar refractivity (Wildman–Crippen MR) is 110 cm³/mol. The Morgan fingerprint density at radius 3 is 2.62 bits per heavy atom. The van der Waals surface area contributed by atoms with E-state index in [-0.39, 0.29) is 12.4 Å². The lowest BCUT2D eigenvalue weighted by atomic mass is 10.1.